The number of hydrogen-bond donors (Lipinski definition) is 4. The number of primary amides is 1. The quantitative estimate of drug-likeness (QED) is 0.321. The molecule has 5 heteroatoms. The maximum absolute atomic E-state index is 10.7. The third-order valence-electron chi connectivity index (χ3n) is 1.64. The topological polar surface area (TPSA) is 105 Å². The van der Waals surface area contributed by atoms with Crippen LogP contribution in [0.3, 0.4) is 0 Å². The van der Waals surface area contributed by atoms with Crippen LogP contribution in [0, 0.1) is 5.41 Å². The first-order chi connectivity index (χ1) is 5.65. The Hall–Kier alpha value is -1.52. The predicted octanol–water partition coefficient (Wildman–Crippen LogP) is -0.956. The lowest BCUT2D eigenvalue weighted by Gasteiger charge is -2.06. The highest BCUT2D eigenvalue weighted by Gasteiger charge is 2.22. The Morgan fingerprint density at radius 1 is 1.50 bits per heavy atom. The van der Waals surface area contributed by atoms with Crippen molar-refractivity contribution in [2.45, 2.75) is 18.9 Å². The van der Waals surface area contributed by atoms with Crippen molar-refractivity contribution < 1.29 is 4.79 Å². The summed E-state index contributed by atoms with van der Waals surface area (Å²) in [5, 5.41) is 9.77. The van der Waals surface area contributed by atoms with Crippen LogP contribution in [-0.4, -0.2) is 18.2 Å². The highest BCUT2D eigenvalue weighted by Crippen LogP contribution is 2.19. The summed E-state index contributed by atoms with van der Waals surface area (Å²) in [5.74, 6) is -0.462. The summed E-state index contributed by atoms with van der Waals surface area (Å²) in [6, 6.07) is 0.360. The van der Waals surface area contributed by atoms with E-state index in [0.717, 1.165) is 19.1 Å². The van der Waals surface area contributed by atoms with Gasteiger partial charge in [-0.2, -0.15) is 0 Å². The summed E-state index contributed by atoms with van der Waals surface area (Å²) in [4.78, 5) is 10.7. The van der Waals surface area contributed by atoms with Gasteiger partial charge in [-0.15, -0.1) is 0 Å². The fraction of sp³-hybridized carbons (Fsp3) is 0.429. The van der Waals surface area contributed by atoms with E-state index in [4.69, 9.17) is 16.9 Å². The zero-order chi connectivity index (χ0) is 9.14. The van der Waals surface area contributed by atoms with Crippen LogP contribution in [0.5, 0.6) is 0 Å². The van der Waals surface area contributed by atoms with Crippen LogP contribution in [-0.2, 0) is 4.79 Å². The molecule has 0 unspecified atom stereocenters. The Bertz CT molecular complexity index is 242. The standard InChI is InChI=1S/C7H12N4O/c8-3-5(7(10)12)6(9)11-4-1-2-4/h3-4,8,11H,1-2,9H2,(H2,10,12)/b6-5-,8-3?. The van der Waals surface area contributed by atoms with Crippen molar-refractivity contribution in [2.75, 3.05) is 0 Å². The van der Waals surface area contributed by atoms with Crippen LogP contribution in [0.1, 0.15) is 12.8 Å². The maximum atomic E-state index is 10.7. The van der Waals surface area contributed by atoms with Crippen molar-refractivity contribution in [1.29, 1.82) is 5.41 Å². The van der Waals surface area contributed by atoms with E-state index in [2.05, 4.69) is 5.32 Å². The SMILES string of the molecule is N=C/C(C(N)=O)=C(\N)NC1CC1. The normalized spacial score (nSPS) is 18.0. The lowest BCUT2D eigenvalue weighted by Crippen LogP contribution is -2.29. The number of carbonyl (C=O) groups excluding carboxylic acids is 1. The largest absolute Gasteiger partial charge is 0.385 e. The number of carbonyl (C=O) groups is 1. The van der Waals surface area contributed by atoms with Crippen molar-refractivity contribution in [2.24, 2.45) is 11.5 Å². The van der Waals surface area contributed by atoms with Crippen LogP contribution < -0.4 is 16.8 Å². The molecule has 1 aliphatic rings. The van der Waals surface area contributed by atoms with Crippen molar-refractivity contribution in [3.05, 3.63) is 11.4 Å². The number of amides is 1. The molecule has 0 radical (unpaired) electrons. The first-order valence-electron chi connectivity index (χ1n) is 3.71. The van der Waals surface area contributed by atoms with Crippen LogP contribution in [0.4, 0.5) is 0 Å². The molecule has 1 rings (SSSR count). The highest BCUT2D eigenvalue weighted by molar-refractivity contribution is 6.11. The molecule has 1 amide bonds. The highest BCUT2D eigenvalue weighted by atomic mass is 16.1. The number of hydrogen-bond acceptors (Lipinski definition) is 4. The first kappa shape index (κ1) is 8.58. The minimum Gasteiger partial charge on any atom is -0.385 e. The van der Waals surface area contributed by atoms with Gasteiger partial charge in [0.15, 0.2) is 0 Å². The van der Waals surface area contributed by atoms with E-state index in [0.29, 0.717) is 6.04 Å². The van der Waals surface area contributed by atoms with Gasteiger partial charge < -0.3 is 22.2 Å². The smallest absolute Gasteiger partial charge is 0.253 e. The van der Waals surface area contributed by atoms with E-state index in [1.165, 1.54) is 0 Å². The predicted molar refractivity (Wildman–Crippen MR) is 45.3 cm³/mol. The fourth-order valence-electron chi connectivity index (χ4n) is 0.807. The van der Waals surface area contributed by atoms with Gasteiger partial charge >= 0.3 is 0 Å². The van der Waals surface area contributed by atoms with Gasteiger partial charge in [0.05, 0.1) is 5.57 Å². The minimum absolute atomic E-state index is 0.0434. The van der Waals surface area contributed by atoms with Crippen molar-refractivity contribution in [3.8, 4) is 0 Å². The molecule has 0 bridgehead atoms. The Balaban J connectivity index is 2.67. The van der Waals surface area contributed by atoms with Gasteiger partial charge in [-0.05, 0) is 12.8 Å². The molecule has 1 fully saturated rings. The monoisotopic (exact) mass is 168 g/mol. The molecule has 66 valence electrons. The van der Waals surface area contributed by atoms with Gasteiger partial charge in [0.2, 0.25) is 0 Å². The molecule has 0 saturated heterocycles. The van der Waals surface area contributed by atoms with Crippen molar-refractivity contribution >= 4 is 12.1 Å². The van der Waals surface area contributed by atoms with Crippen LogP contribution in [0.25, 0.3) is 0 Å². The van der Waals surface area contributed by atoms with Gasteiger partial charge in [-0.1, -0.05) is 0 Å². The third kappa shape index (κ3) is 1.98. The van der Waals surface area contributed by atoms with E-state index in [1.807, 2.05) is 0 Å². The third-order valence-corrected chi connectivity index (χ3v) is 1.64. The minimum atomic E-state index is -0.671. The lowest BCUT2D eigenvalue weighted by atomic mass is 10.2. The summed E-state index contributed by atoms with van der Waals surface area (Å²) in [6.07, 6.45) is 2.99. The van der Waals surface area contributed by atoms with E-state index in [9.17, 15) is 4.79 Å². The van der Waals surface area contributed by atoms with Crippen molar-refractivity contribution in [3.63, 3.8) is 0 Å². The summed E-state index contributed by atoms with van der Waals surface area (Å²) >= 11 is 0. The second kappa shape index (κ2) is 3.25. The number of nitrogens with two attached hydrogens (primary N) is 2. The van der Waals surface area contributed by atoms with Gasteiger partial charge in [-0.25, -0.2) is 0 Å². The average Bonchev–Trinajstić information content (AvgIpc) is 2.71. The van der Waals surface area contributed by atoms with Gasteiger partial charge in [-0.3, -0.25) is 4.79 Å². The molecular weight excluding hydrogens is 156 g/mol. The molecule has 0 aromatic heterocycles. The first-order valence-corrected chi connectivity index (χ1v) is 3.71. The van der Waals surface area contributed by atoms with Crippen LogP contribution in [0.15, 0.2) is 11.4 Å². The van der Waals surface area contributed by atoms with E-state index in [-0.39, 0.29) is 11.4 Å². The van der Waals surface area contributed by atoms with Crippen LogP contribution >= 0.6 is 0 Å². The molecule has 0 heterocycles. The molecule has 0 spiro atoms. The molecule has 0 atom stereocenters. The Kier molecular flexibility index (Phi) is 2.32. The summed E-state index contributed by atoms with van der Waals surface area (Å²) < 4.78 is 0. The van der Waals surface area contributed by atoms with E-state index < -0.39 is 5.91 Å². The van der Waals surface area contributed by atoms with Gasteiger partial charge in [0.1, 0.15) is 5.82 Å². The van der Waals surface area contributed by atoms with Gasteiger partial charge in [0, 0.05) is 12.3 Å². The molecule has 5 nitrogen and oxygen atoms in total. The zero-order valence-electron chi connectivity index (χ0n) is 6.63. The second-order valence-electron chi connectivity index (χ2n) is 2.75. The number of nitrogens with one attached hydrogen (secondary N) is 2. The Morgan fingerprint density at radius 2 is 2.08 bits per heavy atom. The molecule has 1 saturated carbocycles. The molecule has 1 aliphatic carbocycles. The van der Waals surface area contributed by atoms with E-state index >= 15 is 0 Å². The van der Waals surface area contributed by atoms with Crippen LogP contribution in [0.2, 0.25) is 0 Å². The molecule has 0 aliphatic heterocycles. The Morgan fingerprint density at radius 3 is 2.42 bits per heavy atom. The molecule has 6 N–H and O–H groups in total. The summed E-state index contributed by atoms with van der Waals surface area (Å²) in [5.41, 5.74) is 10.5. The van der Waals surface area contributed by atoms with Crippen molar-refractivity contribution in [1.82, 2.24) is 5.32 Å². The molecular formula is C7H12N4O. The number of rotatable bonds is 4. The second-order valence-corrected chi connectivity index (χ2v) is 2.75. The Labute approximate surface area is 70.3 Å². The molecule has 0 aromatic carbocycles. The maximum Gasteiger partial charge on any atom is 0.253 e. The zero-order valence-corrected chi connectivity index (χ0v) is 6.63. The van der Waals surface area contributed by atoms with Gasteiger partial charge in [0.25, 0.3) is 5.91 Å². The summed E-state index contributed by atoms with van der Waals surface area (Å²) in [7, 11) is 0. The lowest BCUT2D eigenvalue weighted by molar-refractivity contribution is -0.114. The molecule has 0 aromatic rings. The summed E-state index contributed by atoms with van der Waals surface area (Å²) in [6.45, 7) is 0. The average molecular weight is 168 g/mol. The fourth-order valence-corrected chi connectivity index (χ4v) is 0.807. The van der Waals surface area contributed by atoms with E-state index in [1.54, 1.807) is 0 Å². The molecule has 12 heavy (non-hydrogen) atoms.